The van der Waals surface area contributed by atoms with E-state index in [1.54, 1.807) is 16.0 Å². The van der Waals surface area contributed by atoms with Gasteiger partial charge in [0.1, 0.15) is 11.3 Å². The van der Waals surface area contributed by atoms with Gasteiger partial charge in [-0.2, -0.15) is 5.10 Å². The normalized spacial score (nSPS) is 16.5. The summed E-state index contributed by atoms with van der Waals surface area (Å²) in [6.07, 6.45) is 1.21. The number of nitrogens with zero attached hydrogens (tertiary/aromatic N) is 5. The largest absolute Gasteiger partial charge is 0.444 e. The van der Waals surface area contributed by atoms with Crippen LogP contribution < -0.4 is 0 Å². The minimum Gasteiger partial charge on any atom is -0.444 e. The van der Waals surface area contributed by atoms with Crippen molar-refractivity contribution in [3.63, 3.8) is 0 Å². The van der Waals surface area contributed by atoms with Crippen molar-refractivity contribution in [3.05, 3.63) is 71.9 Å². The summed E-state index contributed by atoms with van der Waals surface area (Å²) in [6.45, 7) is 8.59. The van der Waals surface area contributed by atoms with Gasteiger partial charge in [-0.1, -0.05) is 65.0 Å². The van der Waals surface area contributed by atoms with Crippen LogP contribution in [0, 0.1) is 6.92 Å². The number of carbonyl (C=O) groups excluding carboxylic acids is 2. The second-order valence-corrected chi connectivity index (χ2v) is 9.21. The van der Waals surface area contributed by atoms with Gasteiger partial charge in [0, 0.05) is 25.2 Å². The van der Waals surface area contributed by atoms with Crippen LogP contribution in [0.15, 0.2) is 60.8 Å². The number of hydrogen-bond donors (Lipinski definition) is 0. The number of hydrogen-bond acceptors (Lipinski definition) is 5. The molecule has 0 aliphatic carbocycles. The van der Waals surface area contributed by atoms with Gasteiger partial charge in [-0.3, -0.25) is 0 Å². The zero-order chi connectivity index (χ0) is 23.6. The lowest BCUT2D eigenvalue weighted by atomic mass is 10.0. The minimum atomic E-state index is -0.586. The molecule has 0 radical (unpaired) electrons. The molecule has 172 valence electrons. The van der Waals surface area contributed by atoms with Crippen molar-refractivity contribution >= 4 is 12.1 Å². The molecule has 1 fully saturated rings. The second kappa shape index (κ2) is 9.05. The summed E-state index contributed by atoms with van der Waals surface area (Å²) in [5, 5.41) is 8.66. The van der Waals surface area contributed by atoms with Crippen LogP contribution in [-0.2, 0) is 4.74 Å². The molecular weight excluding hydrogens is 418 g/mol. The fourth-order valence-electron chi connectivity index (χ4n) is 3.79. The number of amides is 2. The maximum Gasteiger partial charge on any atom is 0.410 e. The quantitative estimate of drug-likeness (QED) is 0.577. The first-order chi connectivity index (χ1) is 15.7. The molecule has 1 atom stereocenters. The number of aromatic nitrogens is 3. The Labute approximate surface area is 193 Å². The Morgan fingerprint density at radius 2 is 1.70 bits per heavy atom. The smallest absolute Gasteiger partial charge is 0.410 e. The molecule has 2 amide bonds. The summed E-state index contributed by atoms with van der Waals surface area (Å²) >= 11 is 0. The van der Waals surface area contributed by atoms with Crippen molar-refractivity contribution in [2.75, 3.05) is 19.6 Å². The third-order valence-electron chi connectivity index (χ3n) is 5.47. The second-order valence-electron chi connectivity index (χ2n) is 9.21. The van der Waals surface area contributed by atoms with Crippen LogP contribution in [0.3, 0.4) is 0 Å². The molecule has 1 aromatic heterocycles. The molecule has 8 heteroatoms. The van der Waals surface area contributed by atoms with E-state index in [1.807, 2.05) is 82.3 Å². The Hall–Kier alpha value is -3.68. The molecule has 0 saturated carbocycles. The van der Waals surface area contributed by atoms with E-state index in [2.05, 4.69) is 10.2 Å². The van der Waals surface area contributed by atoms with Gasteiger partial charge < -0.3 is 14.5 Å². The van der Waals surface area contributed by atoms with Crippen molar-refractivity contribution in [3.8, 4) is 11.3 Å². The van der Waals surface area contributed by atoms with Crippen molar-refractivity contribution in [1.82, 2.24) is 24.8 Å². The lowest BCUT2D eigenvalue weighted by molar-refractivity contribution is 0.00856. The highest BCUT2D eigenvalue weighted by Gasteiger charge is 2.36. The predicted octanol–water partition coefficient (Wildman–Crippen LogP) is 4.52. The summed E-state index contributed by atoms with van der Waals surface area (Å²) in [4.78, 5) is 30.6. The molecule has 1 unspecified atom stereocenters. The maximum absolute atomic E-state index is 13.4. The highest BCUT2D eigenvalue weighted by molar-refractivity contribution is 5.77. The van der Waals surface area contributed by atoms with Gasteiger partial charge in [-0.15, -0.1) is 5.10 Å². The molecule has 8 nitrogen and oxygen atoms in total. The molecule has 2 heterocycles. The van der Waals surface area contributed by atoms with Crippen molar-refractivity contribution in [2.24, 2.45) is 0 Å². The Morgan fingerprint density at radius 3 is 2.36 bits per heavy atom. The molecule has 0 N–H and O–H groups in total. The topological polar surface area (TPSA) is 80.6 Å². The van der Waals surface area contributed by atoms with E-state index in [9.17, 15) is 9.59 Å². The molecule has 1 aliphatic heterocycles. The average molecular weight is 448 g/mol. The number of aryl methyl sites for hydroxylation is 1. The first-order valence-corrected chi connectivity index (χ1v) is 11.0. The highest BCUT2D eigenvalue weighted by Crippen LogP contribution is 2.27. The van der Waals surface area contributed by atoms with Crippen LogP contribution in [-0.4, -0.2) is 62.2 Å². The van der Waals surface area contributed by atoms with Gasteiger partial charge in [-0.05, 0) is 33.3 Å². The fourth-order valence-corrected chi connectivity index (χ4v) is 3.79. The van der Waals surface area contributed by atoms with Crippen molar-refractivity contribution in [1.29, 1.82) is 0 Å². The zero-order valence-electron chi connectivity index (χ0n) is 19.4. The van der Waals surface area contributed by atoms with Gasteiger partial charge in [0.15, 0.2) is 0 Å². The SMILES string of the molecule is Cc1ccc(-c2cnn(C(=O)N3CCN(C(=O)OC(C)(C)C)CC3c3ccccc3)n2)cc1. The lowest BCUT2D eigenvalue weighted by Gasteiger charge is -2.41. The Morgan fingerprint density at radius 1 is 1.00 bits per heavy atom. The molecule has 0 bridgehead atoms. The van der Waals surface area contributed by atoms with Crippen molar-refractivity contribution in [2.45, 2.75) is 39.3 Å². The number of piperazine rings is 1. The van der Waals surface area contributed by atoms with E-state index in [0.29, 0.717) is 25.3 Å². The predicted molar refractivity (Wildman–Crippen MR) is 125 cm³/mol. The molecule has 4 rings (SSSR count). The summed E-state index contributed by atoms with van der Waals surface area (Å²) in [5.74, 6) is 0. The lowest BCUT2D eigenvalue weighted by Crippen LogP contribution is -2.54. The van der Waals surface area contributed by atoms with E-state index in [-0.39, 0.29) is 18.2 Å². The number of benzene rings is 2. The number of ether oxygens (including phenoxy) is 1. The number of carbonyl (C=O) groups is 2. The highest BCUT2D eigenvalue weighted by atomic mass is 16.6. The Balaban J connectivity index is 1.57. The molecular formula is C25H29N5O3. The van der Waals surface area contributed by atoms with Crippen LogP contribution in [0.25, 0.3) is 11.3 Å². The van der Waals surface area contributed by atoms with E-state index in [0.717, 1.165) is 21.5 Å². The van der Waals surface area contributed by atoms with Crippen LogP contribution in [0.4, 0.5) is 9.59 Å². The summed E-state index contributed by atoms with van der Waals surface area (Å²) in [6, 6.07) is 16.9. The maximum atomic E-state index is 13.4. The van der Waals surface area contributed by atoms with E-state index < -0.39 is 5.60 Å². The van der Waals surface area contributed by atoms with Gasteiger partial charge >= 0.3 is 12.1 Å². The Kier molecular flexibility index (Phi) is 6.18. The van der Waals surface area contributed by atoms with E-state index >= 15 is 0 Å². The van der Waals surface area contributed by atoms with Gasteiger partial charge in [0.05, 0.1) is 12.2 Å². The van der Waals surface area contributed by atoms with Crippen LogP contribution in [0.1, 0.15) is 37.9 Å². The first kappa shape index (κ1) is 22.5. The minimum absolute atomic E-state index is 0.328. The van der Waals surface area contributed by atoms with Gasteiger partial charge in [0.2, 0.25) is 0 Å². The van der Waals surface area contributed by atoms with E-state index in [4.69, 9.17) is 4.74 Å². The third kappa shape index (κ3) is 5.22. The van der Waals surface area contributed by atoms with Crippen LogP contribution in [0.2, 0.25) is 0 Å². The molecule has 2 aromatic carbocycles. The first-order valence-electron chi connectivity index (χ1n) is 11.0. The average Bonchev–Trinajstić information content (AvgIpc) is 3.28. The third-order valence-corrected chi connectivity index (χ3v) is 5.47. The summed E-state index contributed by atoms with van der Waals surface area (Å²) in [7, 11) is 0. The van der Waals surface area contributed by atoms with Crippen LogP contribution in [0.5, 0.6) is 0 Å². The molecule has 0 spiro atoms. The fraction of sp³-hybridized carbons (Fsp3) is 0.360. The molecule has 1 saturated heterocycles. The standard InChI is InChI=1S/C25H29N5O3/c1-18-10-12-19(13-11-18)21-16-26-30(27-21)23(31)29-15-14-28(24(32)33-25(2,3)4)17-22(29)20-8-6-5-7-9-20/h5-13,16,22H,14-15,17H2,1-4H3. The van der Waals surface area contributed by atoms with E-state index in [1.165, 1.54) is 0 Å². The molecule has 3 aromatic rings. The van der Waals surface area contributed by atoms with Crippen molar-refractivity contribution < 1.29 is 14.3 Å². The monoisotopic (exact) mass is 447 g/mol. The Bertz CT molecular complexity index is 1120. The summed E-state index contributed by atoms with van der Waals surface area (Å²) in [5.41, 5.74) is 3.03. The van der Waals surface area contributed by atoms with Gasteiger partial charge in [0.25, 0.3) is 0 Å². The number of rotatable bonds is 2. The molecule has 1 aliphatic rings. The van der Waals surface area contributed by atoms with Crippen LogP contribution >= 0.6 is 0 Å². The van der Waals surface area contributed by atoms with Gasteiger partial charge in [-0.25, -0.2) is 9.59 Å². The summed E-state index contributed by atoms with van der Waals surface area (Å²) < 4.78 is 5.56. The molecule has 33 heavy (non-hydrogen) atoms. The zero-order valence-corrected chi connectivity index (χ0v) is 19.4.